The van der Waals surface area contributed by atoms with Crippen molar-refractivity contribution in [3.63, 3.8) is 0 Å². The van der Waals surface area contributed by atoms with E-state index in [1.54, 1.807) is 6.07 Å². The predicted molar refractivity (Wildman–Crippen MR) is 102 cm³/mol. The van der Waals surface area contributed by atoms with Crippen LogP contribution in [-0.4, -0.2) is 44.8 Å². The standard InChI is InChI=1S/C18H23N3O6S/c1-5-6-11(2)14-10-16(20-19-14)21-28(24,25)15-9-12(17(22)26-3)7-8-13(15)18(23)27-4/h7-11H,5-6H2,1-4H3,(H2,19,20,21). The van der Waals surface area contributed by atoms with Gasteiger partial charge in [0.1, 0.15) is 4.90 Å². The lowest BCUT2D eigenvalue weighted by Crippen LogP contribution is -2.19. The molecule has 0 spiro atoms. The lowest BCUT2D eigenvalue weighted by atomic mass is 10.0. The Morgan fingerprint density at radius 1 is 1.18 bits per heavy atom. The van der Waals surface area contributed by atoms with Crippen molar-refractivity contribution >= 4 is 27.8 Å². The second-order valence-electron chi connectivity index (χ2n) is 6.20. The van der Waals surface area contributed by atoms with E-state index in [2.05, 4.69) is 31.3 Å². The molecule has 0 saturated carbocycles. The number of H-pyrrole nitrogens is 1. The minimum absolute atomic E-state index is 0.0187. The molecule has 2 rings (SSSR count). The normalized spacial score (nSPS) is 12.3. The largest absolute Gasteiger partial charge is 0.465 e. The molecule has 9 nitrogen and oxygen atoms in total. The highest BCUT2D eigenvalue weighted by Gasteiger charge is 2.26. The molecule has 0 radical (unpaired) electrons. The number of methoxy groups -OCH3 is 2. The quantitative estimate of drug-likeness (QED) is 0.642. The minimum atomic E-state index is -4.23. The van der Waals surface area contributed by atoms with Gasteiger partial charge < -0.3 is 9.47 Å². The second-order valence-corrected chi connectivity index (χ2v) is 7.85. The summed E-state index contributed by atoms with van der Waals surface area (Å²) >= 11 is 0. The molecule has 0 aliphatic heterocycles. The molecule has 0 amide bonds. The lowest BCUT2D eigenvalue weighted by molar-refractivity contribution is 0.0583. The molecule has 28 heavy (non-hydrogen) atoms. The van der Waals surface area contributed by atoms with Crippen LogP contribution >= 0.6 is 0 Å². The summed E-state index contributed by atoms with van der Waals surface area (Å²) in [6, 6.07) is 5.15. The molecule has 0 aliphatic rings. The van der Waals surface area contributed by atoms with Gasteiger partial charge in [0.05, 0.1) is 25.3 Å². The first-order chi connectivity index (χ1) is 13.2. The zero-order chi connectivity index (χ0) is 20.9. The summed E-state index contributed by atoms with van der Waals surface area (Å²) in [4.78, 5) is 23.4. The van der Waals surface area contributed by atoms with Crippen molar-refractivity contribution in [1.29, 1.82) is 0 Å². The number of carbonyl (C=O) groups is 2. The summed E-state index contributed by atoms with van der Waals surface area (Å²) in [5.41, 5.74) is 0.559. The molecular weight excluding hydrogens is 386 g/mol. The third-order valence-electron chi connectivity index (χ3n) is 4.19. The molecule has 0 saturated heterocycles. The van der Waals surface area contributed by atoms with Crippen molar-refractivity contribution in [2.45, 2.75) is 37.5 Å². The molecule has 1 aromatic carbocycles. The highest BCUT2D eigenvalue weighted by molar-refractivity contribution is 7.92. The summed E-state index contributed by atoms with van der Waals surface area (Å²) in [5, 5.41) is 6.78. The van der Waals surface area contributed by atoms with Crippen LogP contribution in [-0.2, 0) is 19.5 Å². The van der Waals surface area contributed by atoms with Gasteiger partial charge in [0.15, 0.2) is 5.82 Å². The monoisotopic (exact) mass is 409 g/mol. The Hall–Kier alpha value is -2.88. The first-order valence-electron chi connectivity index (χ1n) is 8.62. The number of benzene rings is 1. The van der Waals surface area contributed by atoms with Crippen molar-refractivity contribution < 1.29 is 27.5 Å². The number of hydrogen-bond acceptors (Lipinski definition) is 7. The van der Waals surface area contributed by atoms with E-state index < -0.39 is 26.9 Å². The van der Waals surface area contributed by atoms with Crippen LogP contribution in [0, 0.1) is 0 Å². The van der Waals surface area contributed by atoms with Crippen molar-refractivity contribution in [2.75, 3.05) is 18.9 Å². The number of esters is 2. The fourth-order valence-corrected chi connectivity index (χ4v) is 3.90. The number of carbonyl (C=O) groups excluding carboxylic acids is 2. The Balaban J connectivity index is 2.43. The van der Waals surface area contributed by atoms with E-state index in [1.165, 1.54) is 19.2 Å². The average molecular weight is 409 g/mol. The van der Waals surface area contributed by atoms with Gasteiger partial charge in [0.25, 0.3) is 10.0 Å². The van der Waals surface area contributed by atoms with Gasteiger partial charge in [-0.15, -0.1) is 0 Å². The van der Waals surface area contributed by atoms with Crippen LogP contribution in [0.25, 0.3) is 0 Å². The van der Waals surface area contributed by atoms with E-state index in [0.717, 1.165) is 31.7 Å². The number of nitrogens with one attached hydrogen (secondary N) is 2. The van der Waals surface area contributed by atoms with E-state index in [9.17, 15) is 18.0 Å². The molecule has 0 aliphatic carbocycles. The molecular formula is C18H23N3O6S. The molecule has 152 valence electrons. The van der Waals surface area contributed by atoms with Gasteiger partial charge in [0.2, 0.25) is 0 Å². The topological polar surface area (TPSA) is 127 Å². The number of rotatable bonds is 8. The Morgan fingerprint density at radius 2 is 1.86 bits per heavy atom. The predicted octanol–water partition coefficient (Wildman–Crippen LogP) is 2.69. The van der Waals surface area contributed by atoms with Gasteiger partial charge in [0, 0.05) is 11.8 Å². The first-order valence-corrected chi connectivity index (χ1v) is 10.1. The third-order valence-corrected chi connectivity index (χ3v) is 5.58. The van der Waals surface area contributed by atoms with Crippen LogP contribution in [0.2, 0.25) is 0 Å². The Kier molecular flexibility index (Phi) is 6.79. The molecule has 1 heterocycles. The molecule has 1 aromatic heterocycles. The van der Waals surface area contributed by atoms with Crippen LogP contribution in [0.3, 0.4) is 0 Å². The van der Waals surface area contributed by atoms with Crippen LogP contribution in [0.15, 0.2) is 29.2 Å². The van der Waals surface area contributed by atoms with Gasteiger partial charge in [-0.2, -0.15) is 5.10 Å². The van der Waals surface area contributed by atoms with Crippen molar-refractivity contribution in [2.24, 2.45) is 0 Å². The fourth-order valence-electron chi connectivity index (χ4n) is 2.69. The smallest absolute Gasteiger partial charge is 0.339 e. The number of aromatic nitrogens is 2. The number of aromatic amines is 1. The summed E-state index contributed by atoms with van der Waals surface area (Å²) in [6.45, 7) is 4.06. The van der Waals surface area contributed by atoms with Crippen molar-refractivity contribution in [1.82, 2.24) is 10.2 Å². The Bertz CT molecular complexity index is 967. The van der Waals surface area contributed by atoms with E-state index in [-0.39, 0.29) is 22.9 Å². The molecule has 2 aromatic rings. The van der Waals surface area contributed by atoms with Crippen molar-refractivity contribution in [3.8, 4) is 0 Å². The Labute approximate surface area is 163 Å². The average Bonchev–Trinajstić information content (AvgIpc) is 3.14. The summed E-state index contributed by atoms with van der Waals surface area (Å²) < 4.78 is 37.4. The molecule has 0 fully saturated rings. The van der Waals surface area contributed by atoms with Gasteiger partial charge in [-0.25, -0.2) is 18.0 Å². The van der Waals surface area contributed by atoms with E-state index >= 15 is 0 Å². The summed E-state index contributed by atoms with van der Waals surface area (Å²) in [6.07, 6.45) is 1.89. The number of anilines is 1. The SMILES string of the molecule is CCCC(C)c1cc(NS(=O)(=O)c2cc(C(=O)OC)ccc2C(=O)OC)n[nH]1. The first kappa shape index (κ1) is 21.4. The number of ether oxygens (including phenoxy) is 2. The van der Waals surface area contributed by atoms with Gasteiger partial charge in [-0.3, -0.25) is 9.82 Å². The maximum absolute atomic E-state index is 12.9. The zero-order valence-electron chi connectivity index (χ0n) is 16.1. The second kappa shape index (κ2) is 8.87. The lowest BCUT2D eigenvalue weighted by Gasteiger charge is -2.11. The van der Waals surface area contributed by atoms with Crippen LogP contribution < -0.4 is 4.72 Å². The van der Waals surface area contributed by atoms with E-state index in [0.29, 0.717) is 0 Å². The highest BCUT2D eigenvalue weighted by atomic mass is 32.2. The van der Waals surface area contributed by atoms with Crippen LogP contribution in [0.4, 0.5) is 5.82 Å². The van der Waals surface area contributed by atoms with Crippen molar-refractivity contribution in [3.05, 3.63) is 41.1 Å². The van der Waals surface area contributed by atoms with Gasteiger partial charge in [-0.05, 0) is 30.5 Å². The minimum Gasteiger partial charge on any atom is -0.465 e. The Morgan fingerprint density at radius 3 is 2.46 bits per heavy atom. The highest BCUT2D eigenvalue weighted by Crippen LogP contribution is 2.24. The fraction of sp³-hybridized carbons (Fsp3) is 0.389. The van der Waals surface area contributed by atoms with Gasteiger partial charge in [-0.1, -0.05) is 20.3 Å². The molecule has 10 heteroatoms. The maximum atomic E-state index is 12.9. The maximum Gasteiger partial charge on any atom is 0.339 e. The van der Waals surface area contributed by atoms with Gasteiger partial charge >= 0.3 is 11.9 Å². The van der Waals surface area contributed by atoms with E-state index in [4.69, 9.17) is 0 Å². The molecule has 2 N–H and O–H groups in total. The van der Waals surface area contributed by atoms with Crippen LogP contribution in [0.1, 0.15) is 59.0 Å². The number of hydrogen-bond donors (Lipinski definition) is 2. The molecule has 1 unspecified atom stereocenters. The molecule has 0 bridgehead atoms. The third kappa shape index (κ3) is 4.69. The summed E-state index contributed by atoms with van der Waals surface area (Å²) in [7, 11) is -1.92. The zero-order valence-corrected chi connectivity index (χ0v) is 16.9. The molecule has 1 atom stereocenters. The van der Waals surface area contributed by atoms with E-state index in [1.807, 2.05) is 6.92 Å². The van der Waals surface area contributed by atoms with Crippen LogP contribution in [0.5, 0.6) is 0 Å². The number of sulfonamides is 1. The number of nitrogens with zero attached hydrogens (tertiary/aromatic N) is 1. The summed E-state index contributed by atoms with van der Waals surface area (Å²) in [5.74, 6) is -1.32.